The van der Waals surface area contributed by atoms with Crippen LogP contribution in [0.2, 0.25) is 0 Å². The summed E-state index contributed by atoms with van der Waals surface area (Å²) in [5.41, 5.74) is 12.6. The lowest BCUT2D eigenvalue weighted by Gasteiger charge is -2.19. The summed E-state index contributed by atoms with van der Waals surface area (Å²) in [6.07, 6.45) is 0.763. The van der Waals surface area contributed by atoms with E-state index in [-0.39, 0.29) is 28.8 Å². The third-order valence-electron chi connectivity index (χ3n) is 4.08. The van der Waals surface area contributed by atoms with Crippen molar-refractivity contribution < 1.29 is 9.90 Å². The molecular weight excluding hydrogens is 298 g/mol. The number of carboxylic acids is 1. The van der Waals surface area contributed by atoms with Crippen LogP contribution in [0.4, 0.5) is 17.5 Å². The quantitative estimate of drug-likeness (QED) is 0.651. The molecule has 2 heterocycles. The monoisotopic (exact) mass is 315 g/mol. The SMILES string of the molecule is Nc1nc(N)c(C2CCN(c3ccc(C(=O)O)cc3)C2)c(=O)[nH]1. The molecular formula is C15H17N5O3. The molecule has 0 bridgehead atoms. The van der Waals surface area contributed by atoms with Crippen LogP contribution < -0.4 is 21.9 Å². The minimum atomic E-state index is -0.955. The zero-order valence-electron chi connectivity index (χ0n) is 12.3. The minimum Gasteiger partial charge on any atom is -0.478 e. The number of hydrogen-bond donors (Lipinski definition) is 4. The molecule has 1 saturated heterocycles. The lowest BCUT2D eigenvalue weighted by atomic mass is 10.0. The molecule has 2 aromatic rings. The van der Waals surface area contributed by atoms with Gasteiger partial charge < -0.3 is 21.5 Å². The second-order valence-corrected chi connectivity index (χ2v) is 5.53. The average Bonchev–Trinajstić information content (AvgIpc) is 2.95. The molecule has 1 aliphatic rings. The lowest BCUT2D eigenvalue weighted by Crippen LogP contribution is -2.24. The summed E-state index contributed by atoms with van der Waals surface area (Å²) >= 11 is 0. The van der Waals surface area contributed by atoms with Crippen molar-refractivity contribution >= 4 is 23.4 Å². The number of nitrogens with one attached hydrogen (secondary N) is 1. The molecule has 1 atom stereocenters. The van der Waals surface area contributed by atoms with E-state index in [4.69, 9.17) is 16.6 Å². The zero-order valence-corrected chi connectivity index (χ0v) is 12.3. The van der Waals surface area contributed by atoms with Gasteiger partial charge in [-0.3, -0.25) is 9.78 Å². The van der Waals surface area contributed by atoms with Crippen LogP contribution in [0.5, 0.6) is 0 Å². The van der Waals surface area contributed by atoms with Crippen LogP contribution in [0, 0.1) is 0 Å². The van der Waals surface area contributed by atoms with Crippen molar-refractivity contribution in [1.29, 1.82) is 0 Å². The van der Waals surface area contributed by atoms with Crippen molar-refractivity contribution in [3.8, 4) is 0 Å². The molecule has 6 N–H and O–H groups in total. The average molecular weight is 315 g/mol. The number of nitrogens with two attached hydrogens (primary N) is 2. The fourth-order valence-electron chi connectivity index (χ4n) is 2.96. The normalized spacial score (nSPS) is 17.4. The number of hydrogen-bond acceptors (Lipinski definition) is 6. The summed E-state index contributed by atoms with van der Waals surface area (Å²) in [6, 6.07) is 6.66. The number of benzene rings is 1. The van der Waals surface area contributed by atoms with Crippen LogP contribution >= 0.6 is 0 Å². The Hall–Kier alpha value is -3.03. The van der Waals surface area contributed by atoms with Gasteiger partial charge in [0, 0.05) is 24.7 Å². The highest BCUT2D eigenvalue weighted by atomic mass is 16.4. The summed E-state index contributed by atoms with van der Waals surface area (Å²) < 4.78 is 0. The molecule has 0 aliphatic carbocycles. The minimum absolute atomic E-state index is 0.00959. The molecule has 0 saturated carbocycles. The van der Waals surface area contributed by atoms with Crippen molar-refractivity contribution in [2.75, 3.05) is 29.5 Å². The van der Waals surface area contributed by atoms with Crippen LogP contribution in [0.3, 0.4) is 0 Å². The number of H-pyrrole nitrogens is 1. The fraction of sp³-hybridized carbons (Fsp3) is 0.267. The number of rotatable bonds is 3. The Morgan fingerprint density at radius 2 is 2.00 bits per heavy atom. The van der Waals surface area contributed by atoms with Crippen molar-refractivity contribution in [1.82, 2.24) is 9.97 Å². The first-order chi connectivity index (χ1) is 11.0. The number of aromatic nitrogens is 2. The molecule has 1 unspecified atom stereocenters. The summed E-state index contributed by atoms with van der Waals surface area (Å²) in [5, 5.41) is 8.93. The van der Waals surface area contributed by atoms with Gasteiger partial charge in [0.15, 0.2) is 0 Å². The Morgan fingerprint density at radius 3 is 2.61 bits per heavy atom. The number of anilines is 3. The van der Waals surface area contributed by atoms with E-state index in [1.165, 1.54) is 0 Å². The largest absolute Gasteiger partial charge is 0.478 e. The van der Waals surface area contributed by atoms with Gasteiger partial charge in [-0.1, -0.05) is 0 Å². The summed E-state index contributed by atoms with van der Waals surface area (Å²) in [7, 11) is 0. The number of carbonyl (C=O) groups is 1. The fourth-order valence-corrected chi connectivity index (χ4v) is 2.96. The van der Waals surface area contributed by atoms with E-state index >= 15 is 0 Å². The summed E-state index contributed by atoms with van der Waals surface area (Å²) in [6.45, 7) is 1.37. The number of nitrogen functional groups attached to an aromatic ring is 2. The Balaban J connectivity index is 1.81. The molecule has 23 heavy (non-hydrogen) atoms. The maximum absolute atomic E-state index is 12.1. The molecule has 0 amide bonds. The van der Waals surface area contributed by atoms with Crippen LogP contribution in [-0.4, -0.2) is 34.1 Å². The van der Waals surface area contributed by atoms with Crippen molar-refractivity contribution in [3.05, 3.63) is 45.7 Å². The van der Waals surface area contributed by atoms with Gasteiger partial charge in [-0.25, -0.2) is 4.79 Å². The number of aromatic carboxylic acids is 1. The number of carboxylic acid groups (broad SMARTS) is 1. The Morgan fingerprint density at radius 1 is 1.30 bits per heavy atom. The Labute approximate surface area is 131 Å². The van der Waals surface area contributed by atoms with Crippen LogP contribution in [-0.2, 0) is 0 Å². The van der Waals surface area contributed by atoms with Gasteiger partial charge in [0.2, 0.25) is 5.95 Å². The zero-order chi connectivity index (χ0) is 16.6. The van der Waals surface area contributed by atoms with E-state index in [0.29, 0.717) is 12.1 Å². The van der Waals surface area contributed by atoms with Gasteiger partial charge in [0.05, 0.1) is 11.1 Å². The van der Waals surface area contributed by atoms with Crippen LogP contribution in [0.25, 0.3) is 0 Å². The van der Waals surface area contributed by atoms with Crippen molar-refractivity contribution in [2.24, 2.45) is 0 Å². The van der Waals surface area contributed by atoms with Crippen molar-refractivity contribution in [3.63, 3.8) is 0 Å². The molecule has 0 spiro atoms. The maximum Gasteiger partial charge on any atom is 0.335 e. The summed E-state index contributed by atoms with van der Waals surface area (Å²) in [4.78, 5) is 31.5. The first-order valence-corrected chi connectivity index (χ1v) is 7.19. The highest BCUT2D eigenvalue weighted by molar-refractivity contribution is 5.88. The highest BCUT2D eigenvalue weighted by Gasteiger charge is 2.28. The lowest BCUT2D eigenvalue weighted by molar-refractivity contribution is 0.0697. The third-order valence-corrected chi connectivity index (χ3v) is 4.08. The summed E-state index contributed by atoms with van der Waals surface area (Å²) in [5.74, 6) is -0.816. The second-order valence-electron chi connectivity index (χ2n) is 5.53. The van der Waals surface area contributed by atoms with Gasteiger partial charge in [-0.15, -0.1) is 0 Å². The molecule has 1 aromatic carbocycles. The molecule has 1 fully saturated rings. The molecule has 0 radical (unpaired) electrons. The van der Waals surface area contributed by atoms with E-state index < -0.39 is 5.97 Å². The predicted octanol–water partition coefficient (Wildman–Crippen LogP) is 0.626. The van der Waals surface area contributed by atoms with E-state index in [9.17, 15) is 9.59 Å². The van der Waals surface area contributed by atoms with Gasteiger partial charge in [-0.2, -0.15) is 4.98 Å². The molecule has 8 heteroatoms. The van der Waals surface area contributed by atoms with Gasteiger partial charge in [0.1, 0.15) is 5.82 Å². The van der Waals surface area contributed by atoms with E-state index in [1.807, 2.05) is 0 Å². The van der Waals surface area contributed by atoms with Gasteiger partial charge in [0.25, 0.3) is 5.56 Å². The molecule has 3 rings (SSSR count). The number of nitrogens with zero attached hydrogens (tertiary/aromatic N) is 2. The van der Waals surface area contributed by atoms with E-state index in [1.54, 1.807) is 24.3 Å². The highest BCUT2D eigenvalue weighted by Crippen LogP contribution is 2.31. The molecule has 120 valence electrons. The first-order valence-electron chi connectivity index (χ1n) is 7.19. The molecule has 1 aliphatic heterocycles. The standard InChI is InChI=1S/C15H17N5O3/c16-12-11(13(21)19-15(17)18-12)9-5-6-20(7-9)10-3-1-8(2-4-10)14(22)23/h1-4,9H,5-7H2,(H,22,23)(H5,16,17,18,19,21). The Kier molecular flexibility index (Phi) is 3.65. The van der Waals surface area contributed by atoms with Gasteiger partial charge in [-0.05, 0) is 30.7 Å². The second kappa shape index (κ2) is 5.64. The Bertz CT molecular complexity index is 800. The topological polar surface area (TPSA) is 138 Å². The molecule has 1 aromatic heterocycles. The predicted molar refractivity (Wildman–Crippen MR) is 86.7 cm³/mol. The van der Waals surface area contributed by atoms with Crippen LogP contribution in [0.15, 0.2) is 29.1 Å². The van der Waals surface area contributed by atoms with Crippen molar-refractivity contribution in [2.45, 2.75) is 12.3 Å². The number of aromatic amines is 1. The molecule has 8 nitrogen and oxygen atoms in total. The van der Waals surface area contributed by atoms with Crippen LogP contribution in [0.1, 0.15) is 28.3 Å². The van der Waals surface area contributed by atoms with E-state index in [2.05, 4.69) is 14.9 Å². The first kappa shape index (κ1) is 14.9. The smallest absolute Gasteiger partial charge is 0.335 e. The van der Waals surface area contributed by atoms with Gasteiger partial charge >= 0.3 is 5.97 Å². The van der Waals surface area contributed by atoms with E-state index in [0.717, 1.165) is 18.7 Å². The maximum atomic E-state index is 12.1. The third kappa shape index (κ3) is 2.83.